The van der Waals surface area contributed by atoms with Crippen molar-refractivity contribution < 1.29 is 0 Å². The van der Waals surface area contributed by atoms with Crippen LogP contribution in [0.4, 0.5) is 0 Å². The van der Waals surface area contributed by atoms with Crippen LogP contribution in [0.2, 0.25) is 10.0 Å². The van der Waals surface area contributed by atoms with E-state index in [2.05, 4.69) is 11.1 Å². The monoisotopic (exact) mass is 355 g/mol. The zero-order valence-corrected chi connectivity index (χ0v) is 14.0. The Morgan fingerprint density at radius 3 is 2.95 bits per heavy atom. The molecule has 1 fully saturated rings. The maximum absolute atomic E-state index is 9.44. The van der Waals surface area contributed by atoms with E-state index in [1.165, 1.54) is 0 Å². The summed E-state index contributed by atoms with van der Waals surface area (Å²) in [6, 6.07) is 7.75. The Balaban J connectivity index is 1.77. The molecule has 1 aliphatic rings. The second-order valence-electron chi connectivity index (χ2n) is 4.58. The van der Waals surface area contributed by atoms with Crippen LogP contribution in [0, 0.1) is 11.3 Å². The van der Waals surface area contributed by atoms with Crippen molar-refractivity contribution in [3.05, 3.63) is 52.5 Å². The van der Waals surface area contributed by atoms with Gasteiger partial charge in [-0.15, -0.1) is 23.5 Å². The Hall–Kier alpha value is -0.800. The molecule has 3 nitrogen and oxygen atoms in total. The Morgan fingerprint density at radius 1 is 1.43 bits per heavy atom. The fourth-order valence-electron chi connectivity index (χ4n) is 2.22. The van der Waals surface area contributed by atoms with E-state index >= 15 is 0 Å². The van der Waals surface area contributed by atoms with Gasteiger partial charge in [-0.3, -0.25) is 0 Å². The van der Waals surface area contributed by atoms with Gasteiger partial charge < -0.3 is 4.57 Å². The van der Waals surface area contributed by atoms with Crippen molar-refractivity contribution in [3.8, 4) is 6.07 Å². The molecule has 21 heavy (non-hydrogen) atoms. The summed E-state index contributed by atoms with van der Waals surface area (Å²) in [5, 5.41) is 11.1. The third kappa shape index (κ3) is 3.19. The van der Waals surface area contributed by atoms with Crippen LogP contribution in [-0.2, 0) is 0 Å². The van der Waals surface area contributed by atoms with Gasteiger partial charge in [-0.25, -0.2) is 4.98 Å². The van der Waals surface area contributed by atoms with Crippen LogP contribution in [-0.4, -0.2) is 19.9 Å². The van der Waals surface area contributed by atoms with Crippen LogP contribution in [0.5, 0.6) is 0 Å². The van der Waals surface area contributed by atoms with Gasteiger partial charge in [0.15, 0.2) is 0 Å². The highest BCUT2D eigenvalue weighted by Crippen LogP contribution is 2.52. The fourth-order valence-corrected chi connectivity index (χ4v) is 6.28. The van der Waals surface area contributed by atoms with Crippen LogP contribution in [0.1, 0.15) is 16.9 Å². The Kier molecular flexibility index (Phi) is 4.70. The summed E-state index contributed by atoms with van der Waals surface area (Å²) in [6.45, 7) is 0. The first kappa shape index (κ1) is 15.1. The number of aromatic nitrogens is 2. The molecule has 1 aliphatic heterocycles. The summed E-state index contributed by atoms with van der Waals surface area (Å²) in [5.41, 5.74) is 1.09. The molecule has 0 bridgehead atoms. The average molecular weight is 356 g/mol. The molecule has 0 saturated carbocycles. The molecule has 2 aromatic rings. The first-order valence-corrected chi connectivity index (χ1v) is 9.03. The Morgan fingerprint density at radius 2 is 2.29 bits per heavy atom. The van der Waals surface area contributed by atoms with E-state index in [-0.39, 0.29) is 15.9 Å². The molecular weight excluding hydrogens is 345 g/mol. The molecule has 0 radical (unpaired) electrons. The van der Waals surface area contributed by atoms with Crippen molar-refractivity contribution in [3.63, 3.8) is 0 Å². The van der Waals surface area contributed by atoms with Crippen LogP contribution < -0.4 is 0 Å². The summed E-state index contributed by atoms with van der Waals surface area (Å²) < 4.78 is 2.03. The topological polar surface area (TPSA) is 41.6 Å². The highest BCUT2D eigenvalue weighted by molar-refractivity contribution is 8.20. The number of halogens is 2. The molecule has 2 heterocycles. The minimum atomic E-state index is -0.224. The predicted octanol–water partition coefficient (Wildman–Crippen LogP) is 4.80. The zero-order valence-electron chi connectivity index (χ0n) is 10.8. The molecule has 1 aromatic heterocycles. The number of thioether (sulfide) groups is 2. The summed E-state index contributed by atoms with van der Waals surface area (Å²) in [5.74, 6) is 0.934. The molecule has 108 valence electrons. The Labute approximate surface area is 141 Å². The molecule has 0 amide bonds. The molecule has 0 N–H and O–H groups in total. The quantitative estimate of drug-likeness (QED) is 0.792. The van der Waals surface area contributed by atoms with Crippen molar-refractivity contribution in [2.45, 2.75) is 15.9 Å². The van der Waals surface area contributed by atoms with Crippen molar-refractivity contribution >= 4 is 46.7 Å². The molecule has 1 aromatic carbocycles. The minimum Gasteiger partial charge on any atom is -0.319 e. The van der Waals surface area contributed by atoms with Crippen molar-refractivity contribution in [2.75, 3.05) is 5.75 Å². The smallest absolute Gasteiger partial charge is 0.142 e. The van der Waals surface area contributed by atoms with Crippen LogP contribution in [0.3, 0.4) is 0 Å². The second kappa shape index (κ2) is 6.53. The third-order valence-corrected chi connectivity index (χ3v) is 7.16. The first-order chi connectivity index (χ1) is 10.2. The predicted molar refractivity (Wildman–Crippen MR) is 89.9 cm³/mol. The largest absolute Gasteiger partial charge is 0.319 e. The summed E-state index contributed by atoms with van der Waals surface area (Å²) >= 11 is 15.8. The van der Waals surface area contributed by atoms with Crippen LogP contribution in [0.25, 0.3) is 0 Å². The highest BCUT2D eigenvalue weighted by atomic mass is 35.5. The van der Waals surface area contributed by atoms with Gasteiger partial charge in [0.05, 0.1) is 17.0 Å². The number of hydrogen-bond donors (Lipinski definition) is 0. The number of hydrogen-bond acceptors (Lipinski definition) is 4. The van der Waals surface area contributed by atoms with Crippen molar-refractivity contribution in [2.24, 2.45) is 0 Å². The number of benzene rings is 1. The van der Waals surface area contributed by atoms with E-state index < -0.39 is 0 Å². The number of rotatable bonds is 3. The summed E-state index contributed by atoms with van der Waals surface area (Å²) in [6.07, 6.45) is 5.22. The van der Waals surface area contributed by atoms with Gasteiger partial charge in [0.1, 0.15) is 6.04 Å². The lowest BCUT2D eigenvalue weighted by Gasteiger charge is -2.17. The number of nitrogens with zero attached hydrogens (tertiary/aromatic N) is 3. The average Bonchev–Trinajstić information content (AvgIpc) is 3.12. The van der Waals surface area contributed by atoms with Gasteiger partial charge >= 0.3 is 0 Å². The summed E-state index contributed by atoms with van der Waals surface area (Å²) in [4.78, 5) is 4.02. The van der Waals surface area contributed by atoms with E-state index in [4.69, 9.17) is 23.2 Å². The maximum Gasteiger partial charge on any atom is 0.142 e. The molecule has 3 rings (SSSR count). The van der Waals surface area contributed by atoms with E-state index in [1.54, 1.807) is 42.1 Å². The molecule has 3 atom stereocenters. The standard InChI is InChI=1S/C14H11Cl2N3S2/c15-9-1-2-10(11(16)5-9)13-7-20-14(21-13)12(6-17)19-4-3-18-8-19/h1-5,8,12-14H,7H2/t12-,13-,14+/m0/s1. The normalized spacial score (nSPS) is 22.9. The molecule has 0 spiro atoms. The van der Waals surface area contributed by atoms with E-state index in [1.807, 2.05) is 22.9 Å². The third-order valence-electron chi connectivity index (χ3n) is 3.26. The molecule has 7 heteroatoms. The lowest BCUT2D eigenvalue weighted by molar-refractivity contribution is 0.664. The molecular formula is C14H11Cl2N3S2. The van der Waals surface area contributed by atoms with Crippen LogP contribution in [0.15, 0.2) is 36.9 Å². The van der Waals surface area contributed by atoms with Gasteiger partial charge in [0.25, 0.3) is 0 Å². The van der Waals surface area contributed by atoms with E-state index in [0.717, 1.165) is 11.3 Å². The van der Waals surface area contributed by atoms with Gasteiger partial charge in [0, 0.05) is 33.4 Å². The van der Waals surface area contributed by atoms with Crippen LogP contribution >= 0.6 is 46.7 Å². The molecule has 0 unspecified atom stereocenters. The number of nitriles is 1. The second-order valence-corrected chi connectivity index (χ2v) is 8.24. The van der Waals surface area contributed by atoms with Crippen molar-refractivity contribution in [1.82, 2.24) is 9.55 Å². The maximum atomic E-state index is 9.44. The Bertz CT molecular complexity index is 669. The lowest BCUT2D eigenvalue weighted by atomic mass is 10.2. The van der Waals surface area contributed by atoms with E-state index in [9.17, 15) is 5.26 Å². The van der Waals surface area contributed by atoms with E-state index in [0.29, 0.717) is 10.0 Å². The first-order valence-electron chi connectivity index (χ1n) is 6.28. The molecule has 1 saturated heterocycles. The van der Waals surface area contributed by atoms with Gasteiger partial charge in [-0.05, 0) is 17.7 Å². The molecule has 0 aliphatic carbocycles. The highest BCUT2D eigenvalue weighted by Gasteiger charge is 2.34. The van der Waals surface area contributed by atoms with Gasteiger partial charge in [0.2, 0.25) is 0 Å². The van der Waals surface area contributed by atoms with Gasteiger partial charge in [-0.2, -0.15) is 5.26 Å². The lowest BCUT2D eigenvalue weighted by Crippen LogP contribution is -2.14. The van der Waals surface area contributed by atoms with Crippen molar-refractivity contribution in [1.29, 1.82) is 5.26 Å². The SMILES string of the molecule is N#C[C@@H]([C@@H]1SC[C@@H](c2ccc(Cl)cc2Cl)S1)n1ccnc1. The van der Waals surface area contributed by atoms with Gasteiger partial charge in [-0.1, -0.05) is 29.3 Å². The minimum absolute atomic E-state index is 0.168. The summed E-state index contributed by atoms with van der Waals surface area (Å²) in [7, 11) is 0. The zero-order chi connectivity index (χ0) is 14.8. The number of imidazole rings is 1. The fraction of sp³-hybridized carbons (Fsp3) is 0.286.